The molecule has 4 N–H and O–H groups in total. The number of methoxy groups -OCH3 is 1. The number of nitrogens with two attached hydrogens (primary N) is 2. The van der Waals surface area contributed by atoms with Crippen LogP contribution in [0.5, 0.6) is 5.75 Å². The molecule has 0 aromatic heterocycles. The first-order valence-electron chi connectivity index (χ1n) is 6.95. The maximum absolute atomic E-state index is 11.4. The van der Waals surface area contributed by atoms with Crippen molar-refractivity contribution in [3.8, 4) is 5.75 Å². The van der Waals surface area contributed by atoms with Crippen molar-refractivity contribution in [1.29, 1.82) is 0 Å². The van der Waals surface area contributed by atoms with E-state index in [1.165, 1.54) is 5.56 Å². The third kappa shape index (κ3) is 4.35. The van der Waals surface area contributed by atoms with Crippen LogP contribution in [-0.4, -0.2) is 43.5 Å². The van der Waals surface area contributed by atoms with E-state index in [0.717, 1.165) is 18.7 Å². The van der Waals surface area contributed by atoms with E-state index in [0.29, 0.717) is 13.1 Å². The van der Waals surface area contributed by atoms with Crippen LogP contribution < -0.4 is 16.2 Å². The average molecular weight is 328 g/mol. The van der Waals surface area contributed by atoms with E-state index in [4.69, 9.17) is 16.2 Å². The van der Waals surface area contributed by atoms with Gasteiger partial charge in [-0.1, -0.05) is 12.1 Å². The van der Waals surface area contributed by atoms with Crippen molar-refractivity contribution >= 4 is 24.2 Å². The molecule has 1 heterocycles. The molecule has 2 amide bonds. The lowest BCUT2D eigenvalue weighted by molar-refractivity contribution is -0.129. The van der Waals surface area contributed by atoms with Crippen molar-refractivity contribution in [2.45, 2.75) is 6.42 Å². The maximum atomic E-state index is 11.4. The molecule has 1 aromatic rings. The molecule has 0 aliphatic carbocycles. The Kier molecular flexibility index (Phi) is 6.64. The van der Waals surface area contributed by atoms with E-state index in [1.807, 2.05) is 24.3 Å². The molecule has 122 valence electrons. The summed E-state index contributed by atoms with van der Waals surface area (Å²) in [4.78, 5) is 24.8. The number of benzene rings is 1. The van der Waals surface area contributed by atoms with Gasteiger partial charge in [-0.3, -0.25) is 9.59 Å². The zero-order valence-corrected chi connectivity index (χ0v) is 13.3. The van der Waals surface area contributed by atoms with Crippen molar-refractivity contribution < 1.29 is 14.3 Å². The van der Waals surface area contributed by atoms with E-state index in [-0.39, 0.29) is 12.4 Å². The lowest BCUT2D eigenvalue weighted by Crippen LogP contribution is -2.36. The molecule has 0 saturated carbocycles. The Labute approximate surface area is 136 Å². The number of hydrogen-bond acceptors (Lipinski definition) is 4. The minimum absolute atomic E-state index is 0. The summed E-state index contributed by atoms with van der Waals surface area (Å²) in [6, 6.07) is 7.84. The van der Waals surface area contributed by atoms with Gasteiger partial charge in [0.05, 0.1) is 18.9 Å². The van der Waals surface area contributed by atoms with E-state index in [9.17, 15) is 9.59 Å². The molecule has 1 fully saturated rings. The summed E-state index contributed by atoms with van der Waals surface area (Å²) in [6.45, 7) is 1.76. The molecular weight excluding hydrogens is 306 g/mol. The fourth-order valence-electron chi connectivity index (χ4n) is 2.72. The van der Waals surface area contributed by atoms with Gasteiger partial charge in [-0.2, -0.15) is 0 Å². The number of rotatable bonds is 6. The van der Waals surface area contributed by atoms with Crippen LogP contribution in [0.1, 0.15) is 5.56 Å². The molecule has 7 heteroatoms. The highest BCUT2D eigenvalue weighted by Gasteiger charge is 2.39. The lowest BCUT2D eigenvalue weighted by atomic mass is 9.95. The molecule has 0 radical (unpaired) electrons. The minimum atomic E-state index is -0.474. The highest BCUT2D eigenvalue weighted by Crippen LogP contribution is 2.23. The number of carbonyl (C=O) groups excluding carboxylic acids is 2. The fraction of sp³-hybridized carbons (Fsp3) is 0.467. The first-order chi connectivity index (χ1) is 10.0. The Hall–Kier alpha value is -1.79. The van der Waals surface area contributed by atoms with Gasteiger partial charge < -0.3 is 21.1 Å². The molecule has 1 aliphatic heterocycles. The second-order valence-electron chi connectivity index (χ2n) is 5.38. The largest absolute Gasteiger partial charge is 0.497 e. The van der Waals surface area contributed by atoms with Gasteiger partial charge in [0.1, 0.15) is 5.75 Å². The number of primary amides is 2. The predicted octanol–water partition coefficient (Wildman–Crippen LogP) is 0.178. The molecule has 6 nitrogen and oxygen atoms in total. The number of hydrogen-bond donors (Lipinski definition) is 2. The molecule has 0 spiro atoms. The van der Waals surface area contributed by atoms with Crippen LogP contribution in [0.4, 0.5) is 0 Å². The van der Waals surface area contributed by atoms with Crippen molar-refractivity contribution in [3.05, 3.63) is 29.8 Å². The highest BCUT2D eigenvalue weighted by atomic mass is 35.5. The topological polar surface area (TPSA) is 98.7 Å². The average Bonchev–Trinajstić information content (AvgIpc) is 2.90. The Morgan fingerprint density at radius 3 is 2.05 bits per heavy atom. The molecule has 2 unspecified atom stereocenters. The van der Waals surface area contributed by atoms with Crippen molar-refractivity contribution in [3.63, 3.8) is 0 Å². The van der Waals surface area contributed by atoms with Crippen LogP contribution in [0.2, 0.25) is 0 Å². The number of likely N-dealkylation sites (tertiary alicyclic amines) is 1. The van der Waals surface area contributed by atoms with Crippen LogP contribution in [0.15, 0.2) is 24.3 Å². The van der Waals surface area contributed by atoms with E-state index >= 15 is 0 Å². The molecule has 1 aromatic carbocycles. The van der Waals surface area contributed by atoms with Gasteiger partial charge >= 0.3 is 0 Å². The SMILES string of the molecule is COc1ccc(CCN2CC(C(N)=O)C(C(N)=O)C2)cc1.Cl. The molecule has 1 saturated heterocycles. The number of halogens is 1. The summed E-state index contributed by atoms with van der Waals surface area (Å²) >= 11 is 0. The van der Waals surface area contributed by atoms with Crippen LogP contribution in [0.25, 0.3) is 0 Å². The highest BCUT2D eigenvalue weighted by molar-refractivity contribution is 5.87. The summed E-state index contributed by atoms with van der Waals surface area (Å²) in [5.74, 6) is -1.03. The van der Waals surface area contributed by atoms with Crippen LogP contribution in [0, 0.1) is 11.8 Å². The van der Waals surface area contributed by atoms with Gasteiger partial charge in [-0.25, -0.2) is 0 Å². The number of nitrogens with zero attached hydrogens (tertiary/aromatic N) is 1. The monoisotopic (exact) mass is 327 g/mol. The summed E-state index contributed by atoms with van der Waals surface area (Å²) in [5, 5.41) is 0. The normalized spacial score (nSPS) is 21.1. The zero-order chi connectivity index (χ0) is 15.4. The predicted molar refractivity (Wildman–Crippen MR) is 85.8 cm³/mol. The Bertz CT molecular complexity index is 499. The first-order valence-corrected chi connectivity index (χ1v) is 6.95. The first kappa shape index (κ1) is 18.3. The molecule has 2 rings (SSSR count). The molecule has 0 bridgehead atoms. The second kappa shape index (κ2) is 8.00. The quantitative estimate of drug-likeness (QED) is 0.778. The Balaban J connectivity index is 0.00000242. The van der Waals surface area contributed by atoms with Crippen LogP contribution >= 0.6 is 12.4 Å². The maximum Gasteiger partial charge on any atom is 0.222 e. The van der Waals surface area contributed by atoms with Gasteiger partial charge in [0.2, 0.25) is 11.8 Å². The van der Waals surface area contributed by atoms with Crippen molar-refractivity contribution in [1.82, 2.24) is 4.90 Å². The standard InChI is InChI=1S/C15H21N3O3.ClH/c1-21-11-4-2-10(3-5-11)6-7-18-8-12(14(16)19)13(9-18)15(17)20;/h2-5,12-13H,6-9H2,1H3,(H2,16,19)(H2,17,20);1H. The lowest BCUT2D eigenvalue weighted by Gasteiger charge is -2.15. The summed E-state index contributed by atoms with van der Waals surface area (Å²) in [7, 11) is 1.63. The van der Waals surface area contributed by atoms with Gasteiger partial charge in [0.15, 0.2) is 0 Å². The minimum Gasteiger partial charge on any atom is -0.497 e. The molecular formula is C15H22ClN3O3. The third-order valence-corrected chi connectivity index (χ3v) is 4.00. The molecule has 22 heavy (non-hydrogen) atoms. The second-order valence-corrected chi connectivity index (χ2v) is 5.38. The van der Waals surface area contributed by atoms with Gasteiger partial charge in [0, 0.05) is 19.6 Å². The Morgan fingerprint density at radius 1 is 1.14 bits per heavy atom. The smallest absolute Gasteiger partial charge is 0.222 e. The zero-order valence-electron chi connectivity index (χ0n) is 12.5. The number of carbonyl (C=O) groups is 2. The van der Waals surface area contributed by atoms with Crippen molar-refractivity contribution in [2.75, 3.05) is 26.7 Å². The van der Waals surface area contributed by atoms with E-state index in [2.05, 4.69) is 4.90 Å². The summed E-state index contributed by atoms with van der Waals surface area (Å²) in [6.07, 6.45) is 0.834. The van der Waals surface area contributed by atoms with E-state index < -0.39 is 23.7 Å². The number of ether oxygens (including phenoxy) is 1. The summed E-state index contributed by atoms with van der Waals surface area (Å²) in [5.41, 5.74) is 11.9. The van der Waals surface area contributed by atoms with Gasteiger partial charge in [-0.05, 0) is 24.1 Å². The van der Waals surface area contributed by atoms with Gasteiger partial charge in [-0.15, -0.1) is 12.4 Å². The fourth-order valence-corrected chi connectivity index (χ4v) is 2.72. The van der Waals surface area contributed by atoms with Crippen LogP contribution in [-0.2, 0) is 16.0 Å². The molecule has 2 atom stereocenters. The molecule has 1 aliphatic rings. The Morgan fingerprint density at radius 2 is 1.64 bits per heavy atom. The van der Waals surface area contributed by atoms with Gasteiger partial charge in [0.25, 0.3) is 0 Å². The van der Waals surface area contributed by atoms with Crippen molar-refractivity contribution in [2.24, 2.45) is 23.3 Å². The van der Waals surface area contributed by atoms with Crippen LogP contribution in [0.3, 0.4) is 0 Å². The third-order valence-electron chi connectivity index (χ3n) is 4.00. The van der Waals surface area contributed by atoms with E-state index in [1.54, 1.807) is 7.11 Å². The number of amides is 2. The summed E-state index contributed by atoms with van der Waals surface area (Å²) < 4.78 is 5.11.